The van der Waals surface area contributed by atoms with E-state index in [4.69, 9.17) is 16.3 Å². The first-order chi connectivity index (χ1) is 7.15. The normalized spacial score (nSPS) is 10.4. The summed E-state index contributed by atoms with van der Waals surface area (Å²) in [5, 5.41) is 4.04. The lowest BCUT2D eigenvalue weighted by Gasteiger charge is -2.10. The summed E-state index contributed by atoms with van der Waals surface area (Å²) in [6, 6.07) is 3.95. The number of halogens is 1. The summed E-state index contributed by atoms with van der Waals surface area (Å²) in [7, 11) is 0. The van der Waals surface area contributed by atoms with Gasteiger partial charge in [-0.2, -0.15) is 0 Å². The van der Waals surface area contributed by atoms with Gasteiger partial charge in [0, 0.05) is 11.6 Å². The van der Waals surface area contributed by atoms with Crippen molar-refractivity contribution in [2.45, 2.75) is 20.8 Å². The van der Waals surface area contributed by atoms with Crippen molar-refractivity contribution in [1.82, 2.24) is 5.32 Å². The van der Waals surface area contributed by atoms with Crippen LogP contribution in [0.1, 0.15) is 18.1 Å². The maximum atomic E-state index is 6.07. The highest BCUT2D eigenvalue weighted by Gasteiger charge is 2.02. The van der Waals surface area contributed by atoms with Gasteiger partial charge >= 0.3 is 0 Å². The van der Waals surface area contributed by atoms with Gasteiger partial charge in [-0.05, 0) is 43.7 Å². The molecule has 0 aromatic heterocycles. The maximum Gasteiger partial charge on any atom is 0.119 e. The first-order valence-corrected chi connectivity index (χ1v) is 5.63. The molecule has 15 heavy (non-hydrogen) atoms. The second-order valence-electron chi connectivity index (χ2n) is 3.57. The van der Waals surface area contributed by atoms with Crippen molar-refractivity contribution < 1.29 is 4.74 Å². The Balaban J connectivity index is 2.55. The second-order valence-corrected chi connectivity index (χ2v) is 3.95. The summed E-state index contributed by atoms with van der Waals surface area (Å²) in [4.78, 5) is 0. The summed E-state index contributed by atoms with van der Waals surface area (Å²) >= 11 is 6.07. The fraction of sp³-hybridized carbons (Fsp3) is 0.500. The Bertz CT molecular complexity index is 302. The van der Waals surface area contributed by atoms with Crippen LogP contribution in [-0.2, 0) is 0 Å². The van der Waals surface area contributed by atoms with Crippen LogP contribution < -0.4 is 10.1 Å². The van der Waals surface area contributed by atoms with Gasteiger partial charge in [-0.3, -0.25) is 0 Å². The van der Waals surface area contributed by atoms with Crippen LogP contribution in [0, 0.1) is 13.8 Å². The molecule has 0 heterocycles. The molecule has 1 aromatic carbocycles. The summed E-state index contributed by atoms with van der Waals surface area (Å²) in [5.41, 5.74) is 2.13. The molecule has 0 saturated carbocycles. The van der Waals surface area contributed by atoms with Gasteiger partial charge in [0.25, 0.3) is 0 Å². The van der Waals surface area contributed by atoms with Crippen LogP contribution in [0.4, 0.5) is 0 Å². The van der Waals surface area contributed by atoms with E-state index in [2.05, 4.69) is 12.2 Å². The van der Waals surface area contributed by atoms with E-state index < -0.39 is 0 Å². The van der Waals surface area contributed by atoms with E-state index in [0.29, 0.717) is 6.61 Å². The minimum absolute atomic E-state index is 0.689. The second kappa shape index (κ2) is 5.99. The average molecular weight is 228 g/mol. The molecule has 0 amide bonds. The molecule has 0 atom stereocenters. The van der Waals surface area contributed by atoms with E-state index in [1.54, 1.807) is 0 Å². The van der Waals surface area contributed by atoms with Gasteiger partial charge in [0.05, 0.1) is 0 Å². The Morgan fingerprint density at radius 3 is 2.40 bits per heavy atom. The van der Waals surface area contributed by atoms with Crippen molar-refractivity contribution >= 4 is 11.6 Å². The Morgan fingerprint density at radius 1 is 1.27 bits per heavy atom. The third kappa shape index (κ3) is 3.73. The van der Waals surface area contributed by atoms with Crippen LogP contribution in [0.3, 0.4) is 0 Å². The van der Waals surface area contributed by atoms with Gasteiger partial charge in [-0.25, -0.2) is 0 Å². The fourth-order valence-corrected chi connectivity index (χ4v) is 1.52. The van der Waals surface area contributed by atoms with Crippen molar-refractivity contribution in [3.05, 3.63) is 28.3 Å². The Morgan fingerprint density at radius 2 is 1.87 bits per heavy atom. The molecular formula is C12H18ClNO. The van der Waals surface area contributed by atoms with E-state index in [0.717, 1.165) is 35.0 Å². The van der Waals surface area contributed by atoms with Gasteiger partial charge < -0.3 is 10.1 Å². The first kappa shape index (κ1) is 12.3. The number of nitrogens with one attached hydrogen (secondary N) is 1. The molecule has 1 aromatic rings. The molecular weight excluding hydrogens is 210 g/mol. The lowest BCUT2D eigenvalue weighted by molar-refractivity contribution is 0.315. The third-order valence-electron chi connectivity index (χ3n) is 2.21. The fourth-order valence-electron chi connectivity index (χ4n) is 1.41. The van der Waals surface area contributed by atoms with Crippen LogP contribution in [0.25, 0.3) is 0 Å². The Kier molecular flexibility index (Phi) is 4.92. The van der Waals surface area contributed by atoms with Crippen LogP contribution in [-0.4, -0.2) is 19.7 Å². The summed E-state index contributed by atoms with van der Waals surface area (Å²) in [5.74, 6) is 0.896. The van der Waals surface area contributed by atoms with Crippen molar-refractivity contribution in [3.8, 4) is 5.75 Å². The Labute approximate surface area is 96.6 Å². The van der Waals surface area contributed by atoms with Gasteiger partial charge in [0.15, 0.2) is 0 Å². The number of hydrogen-bond donors (Lipinski definition) is 1. The molecule has 0 spiro atoms. The van der Waals surface area contributed by atoms with Crippen LogP contribution in [0.5, 0.6) is 5.75 Å². The van der Waals surface area contributed by atoms with Crippen molar-refractivity contribution in [3.63, 3.8) is 0 Å². The lowest BCUT2D eigenvalue weighted by atomic mass is 10.1. The summed E-state index contributed by atoms with van der Waals surface area (Å²) in [6.07, 6.45) is 0. The maximum absolute atomic E-state index is 6.07. The van der Waals surface area contributed by atoms with E-state index >= 15 is 0 Å². The molecule has 0 aliphatic rings. The lowest BCUT2D eigenvalue weighted by Crippen LogP contribution is -2.20. The zero-order valence-electron chi connectivity index (χ0n) is 9.56. The number of rotatable bonds is 5. The van der Waals surface area contributed by atoms with Crippen LogP contribution in [0.2, 0.25) is 5.02 Å². The number of benzene rings is 1. The monoisotopic (exact) mass is 227 g/mol. The SMILES string of the molecule is CCNCCOc1cc(C)c(Cl)c(C)c1. The molecule has 0 unspecified atom stereocenters. The smallest absolute Gasteiger partial charge is 0.119 e. The van der Waals surface area contributed by atoms with Gasteiger partial charge in [0.2, 0.25) is 0 Å². The molecule has 84 valence electrons. The quantitative estimate of drug-likeness (QED) is 0.781. The van der Waals surface area contributed by atoms with Crippen molar-refractivity contribution in [1.29, 1.82) is 0 Å². The highest BCUT2D eigenvalue weighted by atomic mass is 35.5. The zero-order chi connectivity index (χ0) is 11.3. The predicted octanol–water partition coefficient (Wildman–Crippen LogP) is 2.95. The van der Waals surface area contributed by atoms with Gasteiger partial charge in [0.1, 0.15) is 12.4 Å². The summed E-state index contributed by atoms with van der Waals surface area (Å²) < 4.78 is 5.60. The molecule has 0 saturated heterocycles. The van der Waals surface area contributed by atoms with Crippen molar-refractivity contribution in [2.24, 2.45) is 0 Å². The van der Waals surface area contributed by atoms with Crippen LogP contribution >= 0.6 is 11.6 Å². The topological polar surface area (TPSA) is 21.3 Å². The largest absolute Gasteiger partial charge is 0.492 e. The molecule has 3 heteroatoms. The zero-order valence-corrected chi connectivity index (χ0v) is 10.3. The molecule has 1 rings (SSSR count). The molecule has 1 N–H and O–H groups in total. The highest BCUT2D eigenvalue weighted by molar-refractivity contribution is 6.32. The van der Waals surface area contributed by atoms with E-state index in [1.165, 1.54) is 0 Å². The molecule has 0 aliphatic heterocycles. The number of likely N-dealkylation sites (N-methyl/N-ethyl adjacent to an activating group) is 1. The van der Waals surface area contributed by atoms with Gasteiger partial charge in [-0.1, -0.05) is 18.5 Å². The molecule has 0 radical (unpaired) electrons. The van der Waals surface area contributed by atoms with E-state index in [-0.39, 0.29) is 0 Å². The van der Waals surface area contributed by atoms with E-state index in [1.807, 2.05) is 26.0 Å². The minimum Gasteiger partial charge on any atom is -0.492 e. The van der Waals surface area contributed by atoms with Crippen LogP contribution in [0.15, 0.2) is 12.1 Å². The minimum atomic E-state index is 0.689. The molecule has 2 nitrogen and oxygen atoms in total. The van der Waals surface area contributed by atoms with Gasteiger partial charge in [-0.15, -0.1) is 0 Å². The standard InChI is InChI=1S/C12H18ClNO/c1-4-14-5-6-15-11-7-9(2)12(13)10(3)8-11/h7-8,14H,4-6H2,1-3H3. The predicted molar refractivity (Wildman–Crippen MR) is 65.0 cm³/mol. The highest BCUT2D eigenvalue weighted by Crippen LogP contribution is 2.25. The molecule has 0 fully saturated rings. The molecule has 0 aliphatic carbocycles. The number of hydrogen-bond acceptors (Lipinski definition) is 2. The average Bonchev–Trinajstić information content (AvgIpc) is 2.21. The van der Waals surface area contributed by atoms with Crippen molar-refractivity contribution in [2.75, 3.05) is 19.7 Å². The summed E-state index contributed by atoms with van der Waals surface area (Å²) in [6.45, 7) is 8.60. The Hall–Kier alpha value is -0.730. The number of ether oxygens (including phenoxy) is 1. The number of aryl methyl sites for hydroxylation is 2. The third-order valence-corrected chi connectivity index (χ3v) is 2.80. The first-order valence-electron chi connectivity index (χ1n) is 5.25. The van der Waals surface area contributed by atoms with E-state index in [9.17, 15) is 0 Å². The molecule has 0 bridgehead atoms.